The van der Waals surface area contributed by atoms with E-state index in [0.29, 0.717) is 17.8 Å². The van der Waals surface area contributed by atoms with E-state index < -0.39 is 0 Å². The maximum Gasteiger partial charge on any atom is 0.276 e. The molecule has 0 atom stereocenters. The molecule has 1 fully saturated rings. The minimum absolute atomic E-state index is 0.113. The fraction of sp³-hybridized carbons (Fsp3) is 0.316. The van der Waals surface area contributed by atoms with Gasteiger partial charge in [-0.1, -0.05) is 12.1 Å². The second kappa shape index (κ2) is 5.97. The van der Waals surface area contributed by atoms with Gasteiger partial charge in [0.1, 0.15) is 11.8 Å². The number of nitrogens with zero attached hydrogens (tertiary/aromatic N) is 4. The van der Waals surface area contributed by atoms with E-state index in [9.17, 15) is 4.79 Å². The number of carbonyl (C=O) groups is 1. The van der Waals surface area contributed by atoms with E-state index in [1.807, 2.05) is 24.3 Å². The van der Waals surface area contributed by atoms with Crippen molar-refractivity contribution in [2.24, 2.45) is 5.92 Å². The third-order valence-electron chi connectivity index (χ3n) is 4.64. The first-order valence-corrected chi connectivity index (χ1v) is 8.28. The number of carbonyl (C=O) groups excluding carboxylic acids is 1. The third-order valence-corrected chi connectivity index (χ3v) is 4.64. The van der Waals surface area contributed by atoms with Crippen molar-refractivity contribution in [1.29, 1.82) is 5.26 Å². The van der Waals surface area contributed by atoms with Gasteiger partial charge in [-0.15, -0.1) is 0 Å². The van der Waals surface area contributed by atoms with Gasteiger partial charge < -0.3 is 9.80 Å². The lowest BCUT2D eigenvalue weighted by atomic mass is 10.1. The highest BCUT2D eigenvalue weighted by Crippen LogP contribution is 2.37. The van der Waals surface area contributed by atoms with Gasteiger partial charge in [0.2, 0.25) is 0 Å². The molecule has 0 unspecified atom stereocenters. The third kappa shape index (κ3) is 2.71. The summed E-state index contributed by atoms with van der Waals surface area (Å²) in [6.45, 7) is 2.58. The minimum Gasteiger partial charge on any atom is -0.368 e. The molecule has 0 radical (unpaired) electrons. The maximum atomic E-state index is 12.9. The Balaban J connectivity index is 1.62. The van der Waals surface area contributed by atoms with Gasteiger partial charge in [0, 0.05) is 25.8 Å². The summed E-state index contributed by atoms with van der Waals surface area (Å²) in [4.78, 5) is 21.2. The largest absolute Gasteiger partial charge is 0.368 e. The van der Waals surface area contributed by atoms with Crippen LogP contribution in [0.1, 0.15) is 28.9 Å². The van der Waals surface area contributed by atoms with Crippen LogP contribution in [0.25, 0.3) is 0 Å². The molecule has 1 aliphatic heterocycles. The molecule has 0 saturated heterocycles. The standard InChI is InChI=1S/C19H18N4O/c20-11-15-7-8-16(21-12-15)19(24)23-10-9-22(13-14-5-6-14)17-3-1-2-4-18(17)23/h1-4,7-8,12,14H,5-6,9-10,13H2. The molecule has 1 aromatic heterocycles. The fourth-order valence-corrected chi connectivity index (χ4v) is 3.16. The zero-order chi connectivity index (χ0) is 16.5. The summed E-state index contributed by atoms with van der Waals surface area (Å²) in [5.74, 6) is 0.693. The number of aromatic nitrogens is 1. The predicted octanol–water partition coefficient (Wildman–Crippen LogP) is 2.83. The van der Waals surface area contributed by atoms with Crippen LogP contribution in [0.4, 0.5) is 11.4 Å². The molecule has 1 aliphatic carbocycles. The molecule has 4 rings (SSSR count). The van der Waals surface area contributed by atoms with Crippen molar-refractivity contribution >= 4 is 17.3 Å². The van der Waals surface area contributed by atoms with Gasteiger partial charge >= 0.3 is 0 Å². The number of nitriles is 1. The number of para-hydroxylation sites is 2. The number of hydrogen-bond acceptors (Lipinski definition) is 4. The number of rotatable bonds is 3. The van der Waals surface area contributed by atoms with Crippen molar-refractivity contribution in [2.45, 2.75) is 12.8 Å². The van der Waals surface area contributed by atoms with Crippen LogP contribution in [0.15, 0.2) is 42.6 Å². The first-order valence-electron chi connectivity index (χ1n) is 8.28. The number of pyridine rings is 1. The maximum absolute atomic E-state index is 12.9. The molecule has 24 heavy (non-hydrogen) atoms. The molecule has 1 saturated carbocycles. The monoisotopic (exact) mass is 318 g/mol. The van der Waals surface area contributed by atoms with Crippen molar-refractivity contribution in [3.63, 3.8) is 0 Å². The Morgan fingerprint density at radius 1 is 1.17 bits per heavy atom. The molecular weight excluding hydrogens is 300 g/mol. The summed E-state index contributed by atoms with van der Waals surface area (Å²) in [7, 11) is 0. The van der Waals surface area contributed by atoms with Gasteiger partial charge in [-0.25, -0.2) is 4.98 Å². The molecule has 2 heterocycles. The number of hydrogen-bond donors (Lipinski definition) is 0. The second-order valence-corrected chi connectivity index (χ2v) is 6.38. The number of fused-ring (bicyclic) bond motifs is 1. The average Bonchev–Trinajstić information content (AvgIpc) is 3.46. The molecule has 120 valence electrons. The van der Waals surface area contributed by atoms with Gasteiger partial charge in [0.05, 0.1) is 16.9 Å². The summed E-state index contributed by atoms with van der Waals surface area (Å²) in [6, 6.07) is 13.4. The molecule has 0 spiro atoms. The number of benzene rings is 1. The van der Waals surface area contributed by atoms with Crippen LogP contribution in [-0.4, -0.2) is 30.5 Å². The summed E-state index contributed by atoms with van der Waals surface area (Å²) in [6.07, 6.45) is 4.08. The second-order valence-electron chi connectivity index (χ2n) is 6.38. The summed E-state index contributed by atoms with van der Waals surface area (Å²) in [5.41, 5.74) is 2.90. The summed E-state index contributed by atoms with van der Waals surface area (Å²) >= 11 is 0. The van der Waals surface area contributed by atoms with Crippen LogP contribution in [0, 0.1) is 17.2 Å². The average molecular weight is 318 g/mol. The van der Waals surface area contributed by atoms with Crippen molar-refractivity contribution in [2.75, 3.05) is 29.4 Å². The normalized spacial score (nSPS) is 16.5. The zero-order valence-corrected chi connectivity index (χ0v) is 13.4. The van der Waals surface area contributed by atoms with E-state index in [4.69, 9.17) is 5.26 Å². The van der Waals surface area contributed by atoms with Gasteiger partial charge in [0.15, 0.2) is 0 Å². The molecule has 2 aromatic rings. The highest BCUT2D eigenvalue weighted by atomic mass is 16.2. The van der Waals surface area contributed by atoms with Crippen molar-refractivity contribution < 1.29 is 4.79 Å². The van der Waals surface area contributed by atoms with Crippen molar-refractivity contribution in [3.05, 3.63) is 53.9 Å². The number of amides is 1. The topological polar surface area (TPSA) is 60.2 Å². The lowest BCUT2D eigenvalue weighted by molar-refractivity contribution is 0.0982. The first-order chi connectivity index (χ1) is 11.8. The smallest absolute Gasteiger partial charge is 0.276 e. The van der Waals surface area contributed by atoms with E-state index in [0.717, 1.165) is 30.4 Å². The Bertz CT molecular complexity index is 805. The van der Waals surface area contributed by atoms with Crippen LogP contribution < -0.4 is 9.80 Å². The molecule has 5 nitrogen and oxygen atoms in total. The van der Waals surface area contributed by atoms with Crippen LogP contribution in [0.2, 0.25) is 0 Å². The Morgan fingerprint density at radius 2 is 1.96 bits per heavy atom. The van der Waals surface area contributed by atoms with E-state index in [1.54, 1.807) is 17.0 Å². The predicted molar refractivity (Wildman–Crippen MR) is 92.0 cm³/mol. The Labute approximate surface area is 141 Å². The van der Waals surface area contributed by atoms with E-state index in [2.05, 4.69) is 16.0 Å². The van der Waals surface area contributed by atoms with Crippen molar-refractivity contribution in [3.8, 4) is 6.07 Å². The summed E-state index contributed by atoms with van der Waals surface area (Å²) in [5, 5.41) is 8.86. The highest BCUT2D eigenvalue weighted by Gasteiger charge is 2.31. The molecule has 0 N–H and O–H groups in total. The molecule has 5 heteroatoms. The molecule has 1 aromatic carbocycles. The van der Waals surface area contributed by atoms with Gasteiger partial charge in [0.25, 0.3) is 5.91 Å². The minimum atomic E-state index is -0.113. The highest BCUT2D eigenvalue weighted by molar-refractivity contribution is 6.07. The van der Waals surface area contributed by atoms with E-state index in [-0.39, 0.29) is 5.91 Å². The Hall–Kier alpha value is -2.87. The van der Waals surface area contributed by atoms with Crippen LogP contribution >= 0.6 is 0 Å². The van der Waals surface area contributed by atoms with Crippen LogP contribution in [-0.2, 0) is 0 Å². The fourth-order valence-electron chi connectivity index (χ4n) is 3.16. The van der Waals surface area contributed by atoms with Gasteiger partial charge in [-0.2, -0.15) is 5.26 Å². The molecule has 0 bridgehead atoms. The Morgan fingerprint density at radius 3 is 2.62 bits per heavy atom. The first kappa shape index (κ1) is 14.7. The quantitative estimate of drug-likeness (QED) is 0.873. The van der Waals surface area contributed by atoms with Crippen molar-refractivity contribution in [1.82, 2.24) is 4.98 Å². The Kier molecular flexibility index (Phi) is 3.66. The van der Waals surface area contributed by atoms with Gasteiger partial charge in [-0.05, 0) is 43.0 Å². The van der Waals surface area contributed by atoms with E-state index in [1.165, 1.54) is 19.0 Å². The number of anilines is 2. The molecule has 1 amide bonds. The van der Waals surface area contributed by atoms with E-state index >= 15 is 0 Å². The zero-order valence-electron chi connectivity index (χ0n) is 13.4. The molecular formula is C19H18N4O. The van der Waals surface area contributed by atoms with Crippen LogP contribution in [0.5, 0.6) is 0 Å². The van der Waals surface area contributed by atoms with Crippen LogP contribution in [0.3, 0.4) is 0 Å². The van der Waals surface area contributed by atoms with Gasteiger partial charge in [-0.3, -0.25) is 4.79 Å². The lowest BCUT2D eigenvalue weighted by Gasteiger charge is -2.37. The SMILES string of the molecule is N#Cc1ccc(C(=O)N2CCN(CC3CC3)c3ccccc32)nc1. The lowest BCUT2D eigenvalue weighted by Crippen LogP contribution is -2.45. The molecule has 2 aliphatic rings. The summed E-state index contributed by atoms with van der Waals surface area (Å²) < 4.78 is 0.